The topological polar surface area (TPSA) is 55.8 Å². The fraction of sp³-hybridized carbons (Fsp3) is 0.269. The van der Waals surface area contributed by atoms with Gasteiger partial charge in [0.25, 0.3) is 0 Å². The summed E-state index contributed by atoms with van der Waals surface area (Å²) in [5.41, 5.74) is 2.22. The Kier molecular flexibility index (Phi) is 5.85. The van der Waals surface area contributed by atoms with Crippen LogP contribution in [0.4, 0.5) is 0 Å². The van der Waals surface area contributed by atoms with Crippen LogP contribution in [-0.2, 0) is 10.3 Å². The third-order valence-electron chi connectivity index (χ3n) is 6.00. The first-order valence-corrected chi connectivity index (χ1v) is 14.1. The summed E-state index contributed by atoms with van der Waals surface area (Å²) in [6, 6.07) is 19.1. The summed E-state index contributed by atoms with van der Waals surface area (Å²) in [5.74, 6) is 0.345. The number of ether oxygens (including phenoxy) is 2. The van der Waals surface area contributed by atoms with E-state index in [4.69, 9.17) is 9.47 Å². The zero-order chi connectivity index (χ0) is 22.2. The number of carbonyl (C=O) groups excluding carboxylic acids is 1. The molecule has 4 nitrogen and oxygen atoms in total. The molecule has 31 heavy (non-hydrogen) atoms. The summed E-state index contributed by atoms with van der Waals surface area (Å²) in [7, 11) is 1.60. The minimum absolute atomic E-state index is 0.145. The first kappa shape index (κ1) is 21.5. The van der Waals surface area contributed by atoms with E-state index in [1.54, 1.807) is 13.2 Å². The van der Waals surface area contributed by atoms with Crippen LogP contribution in [0.3, 0.4) is 0 Å². The molecule has 1 unspecified atom stereocenters. The van der Waals surface area contributed by atoms with Gasteiger partial charge in [-0.1, -0.05) is 0 Å². The molecule has 1 heterocycles. The molecule has 0 radical (unpaired) electrons. The van der Waals surface area contributed by atoms with Crippen molar-refractivity contribution in [3.8, 4) is 11.5 Å². The van der Waals surface area contributed by atoms with Crippen molar-refractivity contribution in [1.29, 1.82) is 0 Å². The zero-order valence-electron chi connectivity index (χ0n) is 18.3. The molecule has 4 rings (SSSR count). The average molecular weight is 478 g/mol. The fourth-order valence-electron chi connectivity index (χ4n) is 4.46. The molecule has 5 heteroatoms. The number of benzene rings is 3. The Labute approximate surface area is 188 Å². The van der Waals surface area contributed by atoms with Crippen LogP contribution in [0.2, 0.25) is 10.4 Å². The van der Waals surface area contributed by atoms with Crippen molar-refractivity contribution in [3.63, 3.8) is 0 Å². The Bertz CT molecular complexity index is 1140. The third kappa shape index (κ3) is 3.43. The Hall–Kier alpha value is -2.71. The maximum atomic E-state index is 13.0. The van der Waals surface area contributed by atoms with Gasteiger partial charge in [0.2, 0.25) is 0 Å². The average Bonchev–Trinajstić information content (AvgIpc) is 3.08. The molecule has 1 atom stereocenters. The number of phenols is 1. The van der Waals surface area contributed by atoms with Gasteiger partial charge in [-0.2, -0.15) is 0 Å². The van der Waals surface area contributed by atoms with Gasteiger partial charge in [-0.15, -0.1) is 0 Å². The molecule has 0 saturated heterocycles. The number of cyclic esters (lactones) is 1. The van der Waals surface area contributed by atoms with Crippen LogP contribution in [0, 0.1) is 6.92 Å². The van der Waals surface area contributed by atoms with Crippen LogP contribution in [0.5, 0.6) is 11.5 Å². The van der Waals surface area contributed by atoms with Crippen LogP contribution in [0.15, 0.2) is 60.7 Å². The number of aromatic hydroxyl groups is 1. The minimum atomic E-state index is -1.27. The van der Waals surface area contributed by atoms with Gasteiger partial charge in [-0.3, -0.25) is 0 Å². The van der Waals surface area contributed by atoms with Crippen molar-refractivity contribution < 1.29 is 19.4 Å². The van der Waals surface area contributed by atoms with Crippen LogP contribution in [0.25, 0.3) is 0 Å². The SMILES string of the molecule is CC[As](CC)c1ccc(C2(c3cc(C)ccc3OC)OC(=O)c3ccccc32)c(O)c1. The molecule has 0 spiro atoms. The predicted octanol–water partition coefficient (Wildman–Crippen LogP) is 4.91. The van der Waals surface area contributed by atoms with Crippen molar-refractivity contribution >= 4 is 25.0 Å². The van der Waals surface area contributed by atoms with E-state index in [9.17, 15) is 9.90 Å². The van der Waals surface area contributed by atoms with Gasteiger partial charge in [0.15, 0.2) is 0 Å². The third-order valence-corrected chi connectivity index (χ3v) is 11.3. The first-order chi connectivity index (χ1) is 15.0. The fourth-order valence-corrected chi connectivity index (χ4v) is 8.17. The maximum absolute atomic E-state index is 13.0. The second-order valence-electron chi connectivity index (χ2n) is 7.69. The summed E-state index contributed by atoms with van der Waals surface area (Å²) in [6.07, 6.45) is 0. The molecule has 160 valence electrons. The molecule has 3 aromatic carbocycles. The molecule has 0 saturated carbocycles. The van der Waals surface area contributed by atoms with E-state index in [1.165, 1.54) is 4.35 Å². The summed E-state index contributed by atoms with van der Waals surface area (Å²) in [5, 5.41) is 13.5. The summed E-state index contributed by atoms with van der Waals surface area (Å²) in [4.78, 5) is 13.0. The molecular weight excluding hydrogens is 451 g/mol. The molecular formula is C26H27AsO4. The molecule has 0 amide bonds. The predicted molar refractivity (Wildman–Crippen MR) is 124 cm³/mol. The number of methoxy groups -OCH3 is 1. The molecule has 0 aromatic heterocycles. The second-order valence-corrected chi connectivity index (χ2v) is 13.7. The van der Waals surface area contributed by atoms with Crippen LogP contribution < -0.4 is 9.09 Å². The second kappa shape index (κ2) is 8.43. The van der Waals surface area contributed by atoms with E-state index >= 15 is 0 Å². The monoisotopic (exact) mass is 478 g/mol. The van der Waals surface area contributed by atoms with E-state index in [0.717, 1.165) is 16.0 Å². The Morgan fingerprint density at radius 1 is 0.968 bits per heavy atom. The van der Waals surface area contributed by atoms with Gasteiger partial charge < -0.3 is 0 Å². The summed E-state index contributed by atoms with van der Waals surface area (Å²) in [6.45, 7) is 6.41. The van der Waals surface area contributed by atoms with Gasteiger partial charge in [0.05, 0.1) is 0 Å². The Morgan fingerprint density at radius 2 is 1.71 bits per heavy atom. The zero-order valence-corrected chi connectivity index (χ0v) is 20.2. The van der Waals surface area contributed by atoms with Crippen molar-refractivity contribution in [3.05, 3.63) is 88.5 Å². The Balaban J connectivity index is 2.04. The molecule has 1 N–H and O–H groups in total. The van der Waals surface area contributed by atoms with E-state index in [1.807, 2.05) is 55.5 Å². The standard InChI is InChI=1S/C26H27AsO4/c1-5-27(6-2)18-12-13-21(23(28)16-18)26(22-15-17(3)11-14-24(22)30-4)20-10-8-7-9-19(20)25(29)31-26/h7-16,28H,5-6H2,1-4H3. The summed E-state index contributed by atoms with van der Waals surface area (Å²) >= 11 is -1.20. The molecule has 0 bridgehead atoms. The number of hydrogen-bond acceptors (Lipinski definition) is 4. The van der Waals surface area contributed by atoms with Crippen molar-refractivity contribution in [2.24, 2.45) is 0 Å². The summed E-state index contributed by atoms with van der Waals surface area (Å²) < 4.78 is 13.1. The van der Waals surface area contributed by atoms with Gasteiger partial charge >= 0.3 is 188 Å². The number of hydrogen-bond donors (Lipinski definition) is 1. The molecule has 1 aliphatic rings. The number of esters is 1. The number of fused-ring (bicyclic) bond motifs is 1. The number of phenolic OH excluding ortho intramolecular Hbond substituents is 1. The number of rotatable bonds is 6. The van der Waals surface area contributed by atoms with Crippen LogP contribution >= 0.6 is 0 Å². The van der Waals surface area contributed by atoms with E-state index in [-0.39, 0.29) is 5.75 Å². The van der Waals surface area contributed by atoms with Crippen LogP contribution in [-0.4, -0.2) is 32.8 Å². The normalized spacial score (nSPS) is 17.5. The van der Waals surface area contributed by atoms with Crippen molar-refractivity contribution in [2.45, 2.75) is 36.8 Å². The number of aryl methyl sites for hydroxylation is 1. The van der Waals surface area contributed by atoms with E-state index in [0.29, 0.717) is 28.0 Å². The molecule has 0 aliphatic carbocycles. The van der Waals surface area contributed by atoms with Crippen LogP contribution in [0.1, 0.15) is 46.5 Å². The van der Waals surface area contributed by atoms with E-state index < -0.39 is 26.2 Å². The van der Waals surface area contributed by atoms with Gasteiger partial charge in [0, 0.05) is 0 Å². The molecule has 3 aromatic rings. The quantitative estimate of drug-likeness (QED) is 0.404. The first-order valence-electron chi connectivity index (χ1n) is 10.5. The van der Waals surface area contributed by atoms with Gasteiger partial charge in [-0.25, -0.2) is 0 Å². The van der Waals surface area contributed by atoms with Gasteiger partial charge in [0.1, 0.15) is 0 Å². The number of carbonyl (C=O) groups is 1. The van der Waals surface area contributed by atoms with Crippen molar-refractivity contribution in [1.82, 2.24) is 0 Å². The Morgan fingerprint density at radius 3 is 2.39 bits per heavy atom. The van der Waals surface area contributed by atoms with Crippen molar-refractivity contribution in [2.75, 3.05) is 7.11 Å². The van der Waals surface area contributed by atoms with Gasteiger partial charge in [-0.05, 0) is 0 Å². The molecule has 0 fully saturated rings. The van der Waals surface area contributed by atoms with E-state index in [2.05, 4.69) is 19.9 Å². The molecule has 1 aliphatic heterocycles.